The van der Waals surface area contributed by atoms with Gasteiger partial charge >= 0.3 is 0 Å². The second kappa shape index (κ2) is 3.75. The molecule has 0 saturated heterocycles. The third-order valence-corrected chi connectivity index (χ3v) is 2.57. The highest BCUT2D eigenvalue weighted by atomic mass is 16.3. The Kier molecular flexibility index (Phi) is 2.46. The van der Waals surface area contributed by atoms with Gasteiger partial charge in [-0.3, -0.25) is 0 Å². The van der Waals surface area contributed by atoms with Crippen molar-refractivity contribution in [1.82, 2.24) is 0 Å². The van der Waals surface area contributed by atoms with E-state index >= 15 is 0 Å². The molecule has 0 fully saturated rings. The molecule has 2 atom stereocenters. The highest BCUT2D eigenvalue weighted by Crippen LogP contribution is 2.27. The zero-order chi connectivity index (χ0) is 9.10. The van der Waals surface area contributed by atoms with E-state index in [4.69, 9.17) is 0 Å². The molecule has 0 saturated carbocycles. The van der Waals surface area contributed by atoms with E-state index in [1.54, 1.807) is 0 Å². The quantitative estimate of drug-likeness (QED) is 0.648. The van der Waals surface area contributed by atoms with Crippen molar-refractivity contribution in [3.8, 4) is 0 Å². The van der Waals surface area contributed by atoms with Gasteiger partial charge in [0.15, 0.2) is 0 Å². The molecule has 0 spiro atoms. The molecule has 0 bridgehead atoms. The Morgan fingerprint density at radius 2 is 1.92 bits per heavy atom. The maximum Gasteiger partial charge on any atom is 0.0646 e. The van der Waals surface area contributed by atoms with E-state index in [1.165, 1.54) is 5.56 Å². The van der Waals surface area contributed by atoms with Crippen molar-refractivity contribution in [1.29, 1.82) is 0 Å². The molecule has 1 aromatic carbocycles. The summed E-state index contributed by atoms with van der Waals surface area (Å²) >= 11 is 0. The van der Waals surface area contributed by atoms with Gasteiger partial charge in [-0.2, -0.15) is 0 Å². The lowest BCUT2D eigenvalue weighted by atomic mass is 9.87. The Hall–Kier alpha value is -1.08. The maximum atomic E-state index is 9.77. The summed E-state index contributed by atoms with van der Waals surface area (Å²) < 4.78 is 0. The SMILES string of the molecule is O[C@@H]1CCC=C[C@H]1c1ccccc1. The average molecular weight is 174 g/mol. The van der Waals surface area contributed by atoms with Crippen molar-refractivity contribution < 1.29 is 5.11 Å². The van der Waals surface area contributed by atoms with E-state index in [1.807, 2.05) is 18.2 Å². The molecule has 0 radical (unpaired) electrons. The smallest absolute Gasteiger partial charge is 0.0646 e. The first-order valence-corrected chi connectivity index (χ1v) is 4.77. The third-order valence-electron chi connectivity index (χ3n) is 2.57. The Bertz CT molecular complexity index is 289. The molecule has 1 aliphatic carbocycles. The number of rotatable bonds is 1. The summed E-state index contributed by atoms with van der Waals surface area (Å²) in [4.78, 5) is 0. The largest absolute Gasteiger partial charge is 0.392 e. The van der Waals surface area contributed by atoms with Gasteiger partial charge in [0.1, 0.15) is 0 Å². The number of allylic oxidation sites excluding steroid dienone is 1. The van der Waals surface area contributed by atoms with Gasteiger partial charge in [0.05, 0.1) is 6.10 Å². The molecule has 1 aliphatic rings. The molecular formula is C12H14O. The van der Waals surface area contributed by atoms with Crippen LogP contribution >= 0.6 is 0 Å². The number of hydrogen-bond acceptors (Lipinski definition) is 1. The lowest BCUT2D eigenvalue weighted by Crippen LogP contribution is -2.18. The Morgan fingerprint density at radius 1 is 1.15 bits per heavy atom. The fraction of sp³-hybridized carbons (Fsp3) is 0.333. The fourth-order valence-corrected chi connectivity index (χ4v) is 1.83. The second-order valence-electron chi connectivity index (χ2n) is 3.51. The van der Waals surface area contributed by atoms with Gasteiger partial charge in [-0.05, 0) is 18.4 Å². The van der Waals surface area contributed by atoms with Crippen LogP contribution in [0.15, 0.2) is 42.5 Å². The number of aliphatic hydroxyl groups excluding tert-OH is 1. The third kappa shape index (κ3) is 1.81. The van der Waals surface area contributed by atoms with Crippen LogP contribution < -0.4 is 0 Å². The first-order chi connectivity index (χ1) is 6.38. The minimum absolute atomic E-state index is 0.201. The van der Waals surface area contributed by atoms with Crippen LogP contribution in [-0.2, 0) is 0 Å². The maximum absolute atomic E-state index is 9.77. The molecule has 68 valence electrons. The van der Waals surface area contributed by atoms with Crippen LogP contribution in [0.1, 0.15) is 24.3 Å². The zero-order valence-corrected chi connectivity index (χ0v) is 7.56. The number of hydrogen-bond donors (Lipinski definition) is 1. The van der Waals surface area contributed by atoms with E-state index in [0.29, 0.717) is 0 Å². The van der Waals surface area contributed by atoms with Gasteiger partial charge in [0.2, 0.25) is 0 Å². The van der Waals surface area contributed by atoms with Gasteiger partial charge in [-0.15, -0.1) is 0 Å². The minimum atomic E-state index is -0.201. The van der Waals surface area contributed by atoms with Crippen LogP contribution in [0.2, 0.25) is 0 Å². The Labute approximate surface area is 78.7 Å². The molecule has 1 N–H and O–H groups in total. The van der Waals surface area contributed by atoms with Crippen LogP contribution in [0.3, 0.4) is 0 Å². The predicted molar refractivity (Wildman–Crippen MR) is 53.6 cm³/mol. The lowest BCUT2D eigenvalue weighted by molar-refractivity contribution is 0.145. The molecule has 0 unspecified atom stereocenters. The molecule has 1 nitrogen and oxygen atoms in total. The summed E-state index contributed by atoms with van der Waals surface area (Å²) in [6.45, 7) is 0. The monoisotopic (exact) mass is 174 g/mol. The van der Waals surface area contributed by atoms with E-state index in [2.05, 4.69) is 24.3 Å². The molecule has 1 heteroatoms. The summed E-state index contributed by atoms with van der Waals surface area (Å²) in [6, 6.07) is 10.2. The van der Waals surface area contributed by atoms with E-state index < -0.39 is 0 Å². The number of aliphatic hydroxyl groups is 1. The van der Waals surface area contributed by atoms with Crippen LogP contribution in [0.4, 0.5) is 0 Å². The topological polar surface area (TPSA) is 20.2 Å². The molecule has 0 aromatic heterocycles. The van der Waals surface area contributed by atoms with Gasteiger partial charge < -0.3 is 5.11 Å². The number of benzene rings is 1. The van der Waals surface area contributed by atoms with Crippen molar-refractivity contribution in [2.24, 2.45) is 0 Å². The summed E-state index contributed by atoms with van der Waals surface area (Å²) in [5.41, 5.74) is 1.21. The van der Waals surface area contributed by atoms with Crippen LogP contribution in [0.25, 0.3) is 0 Å². The predicted octanol–water partition coefficient (Wildman–Crippen LogP) is 2.48. The van der Waals surface area contributed by atoms with Crippen LogP contribution in [-0.4, -0.2) is 11.2 Å². The normalized spacial score (nSPS) is 27.5. The molecule has 0 aliphatic heterocycles. The van der Waals surface area contributed by atoms with Gasteiger partial charge in [0.25, 0.3) is 0 Å². The standard InChI is InChI=1S/C12H14O/c13-12-9-5-4-8-11(12)10-6-2-1-3-7-10/h1-4,6-8,11-13H,5,9H2/t11-,12+/m0/s1. The molecule has 2 rings (SSSR count). The Balaban J connectivity index is 2.25. The molecule has 0 amide bonds. The summed E-state index contributed by atoms with van der Waals surface area (Å²) in [5, 5.41) is 9.77. The van der Waals surface area contributed by atoms with Gasteiger partial charge in [-0.1, -0.05) is 42.5 Å². The van der Waals surface area contributed by atoms with Crippen molar-refractivity contribution in [2.45, 2.75) is 24.9 Å². The molecule has 0 heterocycles. The van der Waals surface area contributed by atoms with Crippen molar-refractivity contribution in [3.63, 3.8) is 0 Å². The summed E-state index contributed by atoms with van der Waals surface area (Å²) in [7, 11) is 0. The Morgan fingerprint density at radius 3 is 2.62 bits per heavy atom. The summed E-state index contributed by atoms with van der Waals surface area (Å²) in [5.74, 6) is 0.204. The lowest BCUT2D eigenvalue weighted by Gasteiger charge is -2.23. The first kappa shape index (κ1) is 8.52. The second-order valence-corrected chi connectivity index (χ2v) is 3.51. The molecule has 1 aromatic rings. The first-order valence-electron chi connectivity index (χ1n) is 4.77. The summed E-state index contributed by atoms with van der Waals surface area (Å²) in [6.07, 6.45) is 5.96. The van der Waals surface area contributed by atoms with E-state index in [-0.39, 0.29) is 12.0 Å². The fourth-order valence-electron chi connectivity index (χ4n) is 1.83. The highest BCUT2D eigenvalue weighted by Gasteiger charge is 2.19. The van der Waals surface area contributed by atoms with Crippen LogP contribution in [0, 0.1) is 0 Å². The molecule has 13 heavy (non-hydrogen) atoms. The van der Waals surface area contributed by atoms with Crippen LogP contribution in [0.5, 0.6) is 0 Å². The molecular weight excluding hydrogens is 160 g/mol. The minimum Gasteiger partial charge on any atom is -0.392 e. The van der Waals surface area contributed by atoms with Crippen molar-refractivity contribution in [2.75, 3.05) is 0 Å². The van der Waals surface area contributed by atoms with E-state index in [0.717, 1.165) is 12.8 Å². The van der Waals surface area contributed by atoms with Gasteiger partial charge in [0, 0.05) is 5.92 Å². The van der Waals surface area contributed by atoms with Crippen molar-refractivity contribution >= 4 is 0 Å². The average Bonchev–Trinajstić information content (AvgIpc) is 2.20. The van der Waals surface area contributed by atoms with Crippen molar-refractivity contribution in [3.05, 3.63) is 48.0 Å². The highest BCUT2D eigenvalue weighted by molar-refractivity contribution is 5.26. The van der Waals surface area contributed by atoms with Gasteiger partial charge in [-0.25, -0.2) is 0 Å². The van der Waals surface area contributed by atoms with E-state index in [9.17, 15) is 5.11 Å². The zero-order valence-electron chi connectivity index (χ0n) is 7.56.